The first-order valence-corrected chi connectivity index (χ1v) is 10.2. The van der Waals surface area contributed by atoms with E-state index in [1.165, 1.54) is 5.56 Å². The summed E-state index contributed by atoms with van der Waals surface area (Å²) in [5.74, 6) is 1.37. The zero-order chi connectivity index (χ0) is 20.9. The van der Waals surface area contributed by atoms with Crippen molar-refractivity contribution in [3.8, 4) is 11.5 Å². The van der Waals surface area contributed by atoms with Crippen LogP contribution in [0.2, 0.25) is 0 Å². The third-order valence-corrected chi connectivity index (χ3v) is 5.17. The lowest BCUT2D eigenvalue weighted by molar-refractivity contribution is 0.0857. The van der Waals surface area contributed by atoms with Crippen molar-refractivity contribution in [1.82, 2.24) is 5.32 Å². The van der Waals surface area contributed by atoms with Crippen molar-refractivity contribution in [2.24, 2.45) is 0 Å². The summed E-state index contributed by atoms with van der Waals surface area (Å²) in [7, 11) is 1.62. The van der Waals surface area contributed by atoms with Crippen molar-refractivity contribution in [2.75, 3.05) is 20.3 Å². The van der Waals surface area contributed by atoms with E-state index < -0.39 is 0 Å². The summed E-state index contributed by atoms with van der Waals surface area (Å²) in [5, 5.41) is 2.95. The van der Waals surface area contributed by atoms with Crippen LogP contribution in [-0.4, -0.2) is 32.3 Å². The maximum atomic E-state index is 12.5. The van der Waals surface area contributed by atoms with Gasteiger partial charge in [0.05, 0.1) is 13.2 Å². The van der Waals surface area contributed by atoms with Crippen LogP contribution >= 0.6 is 0 Å². The molecule has 1 amide bonds. The van der Waals surface area contributed by atoms with Crippen molar-refractivity contribution in [1.29, 1.82) is 0 Å². The molecule has 0 spiro atoms. The van der Waals surface area contributed by atoms with E-state index in [9.17, 15) is 4.79 Å². The highest BCUT2D eigenvalue weighted by molar-refractivity contribution is 5.94. The lowest BCUT2D eigenvalue weighted by Crippen LogP contribution is -2.31. The Morgan fingerprint density at radius 2 is 1.93 bits per heavy atom. The Morgan fingerprint density at radius 1 is 1.17 bits per heavy atom. The van der Waals surface area contributed by atoms with E-state index in [2.05, 4.69) is 38.2 Å². The average Bonchev–Trinajstić information content (AvgIpc) is 3.23. The van der Waals surface area contributed by atoms with Crippen LogP contribution in [0.25, 0.3) is 0 Å². The summed E-state index contributed by atoms with van der Waals surface area (Å²) in [6.45, 7) is 8.19. The molecule has 0 aromatic heterocycles. The summed E-state index contributed by atoms with van der Waals surface area (Å²) in [6.07, 6.45) is 2.17. The van der Waals surface area contributed by atoms with Crippen molar-refractivity contribution in [2.45, 2.75) is 51.7 Å². The molecule has 1 heterocycles. The fraction of sp³-hybridized carbons (Fsp3) is 0.458. The Hall–Kier alpha value is -2.53. The molecule has 2 aromatic rings. The normalized spacial score (nSPS) is 16.5. The first-order valence-electron chi connectivity index (χ1n) is 10.2. The molecular formula is C24H31NO4. The van der Waals surface area contributed by atoms with Gasteiger partial charge in [0.1, 0.15) is 18.1 Å². The monoisotopic (exact) mass is 397 g/mol. The Morgan fingerprint density at radius 3 is 2.55 bits per heavy atom. The number of benzene rings is 2. The van der Waals surface area contributed by atoms with Crippen molar-refractivity contribution in [3.63, 3.8) is 0 Å². The van der Waals surface area contributed by atoms with Crippen LogP contribution in [-0.2, 0) is 16.8 Å². The van der Waals surface area contributed by atoms with Gasteiger partial charge in [0.25, 0.3) is 5.91 Å². The van der Waals surface area contributed by atoms with E-state index in [0.29, 0.717) is 24.5 Å². The number of nitrogens with one attached hydrogen (secondary N) is 1. The molecule has 1 atom stereocenters. The highest BCUT2D eigenvalue weighted by Crippen LogP contribution is 2.26. The van der Waals surface area contributed by atoms with E-state index in [0.717, 1.165) is 30.8 Å². The molecule has 29 heavy (non-hydrogen) atoms. The number of ether oxygens (including phenoxy) is 3. The highest BCUT2D eigenvalue weighted by Gasteiger charge is 2.18. The maximum absolute atomic E-state index is 12.5. The van der Waals surface area contributed by atoms with Gasteiger partial charge in [-0.3, -0.25) is 4.79 Å². The topological polar surface area (TPSA) is 56.8 Å². The van der Waals surface area contributed by atoms with Crippen molar-refractivity contribution in [3.05, 3.63) is 59.2 Å². The Kier molecular flexibility index (Phi) is 6.80. The van der Waals surface area contributed by atoms with Crippen LogP contribution in [0.15, 0.2) is 42.5 Å². The van der Waals surface area contributed by atoms with Gasteiger partial charge in [-0.2, -0.15) is 0 Å². The first-order chi connectivity index (χ1) is 13.9. The van der Waals surface area contributed by atoms with Crippen LogP contribution in [0.5, 0.6) is 11.5 Å². The minimum Gasteiger partial charge on any atom is -0.496 e. The summed E-state index contributed by atoms with van der Waals surface area (Å²) in [4.78, 5) is 12.5. The molecule has 1 saturated heterocycles. The van der Waals surface area contributed by atoms with Gasteiger partial charge in [-0.1, -0.05) is 32.9 Å². The lowest BCUT2D eigenvalue weighted by atomic mass is 9.87. The Labute approximate surface area is 173 Å². The molecular weight excluding hydrogens is 366 g/mol. The molecule has 1 aliphatic rings. The molecule has 1 aliphatic heterocycles. The zero-order valence-electron chi connectivity index (χ0n) is 17.8. The second kappa shape index (κ2) is 9.31. The summed E-state index contributed by atoms with van der Waals surface area (Å²) < 4.78 is 16.9. The van der Waals surface area contributed by atoms with Gasteiger partial charge in [-0.25, -0.2) is 0 Å². The van der Waals surface area contributed by atoms with Gasteiger partial charge in [-0.05, 0) is 54.2 Å². The zero-order valence-corrected chi connectivity index (χ0v) is 17.8. The van der Waals surface area contributed by atoms with Gasteiger partial charge in [0.2, 0.25) is 0 Å². The molecule has 1 fully saturated rings. The van der Waals surface area contributed by atoms with Gasteiger partial charge < -0.3 is 19.5 Å². The third-order valence-electron chi connectivity index (χ3n) is 5.17. The lowest BCUT2D eigenvalue weighted by Gasteiger charge is -2.19. The Bertz CT molecular complexity index is 818. The molecule has 0 saturated carbocycles. The highest BCUT2D eigenvalue weighted by atomic mass is 16.5. The number of hydrogen-bond donors (Lipinski definition) is 1. The van der Waals surface area contributed by atoms with Crippen LogP contribution in [0.1, 0.15) is 55.1 Å². The van der Waals surface area contributed by atoms with E-state index in [4.69, 9.17) is 14.2 Å². The quantitative estimate of drug-likeness (QED) is 0.748. The SMILES string of the molecule is COc1ccc(C(=O)NCC2CCCO2)cc1COc1ccc(C(C)(C)C)cc1. The molecule has 0 bridgehead atoms. The molecule has 0 radical (unpaired) electrons. The summed E-state index contributed by atoms with van der Waals surface area (Å²) in [5.41, 5.74) is 2.78. The number of hydrogen-bond acceptors (Lipinski definition) is 4. The molecule has 1 unspecified atom stereocenters. The summed E-state index contributed by atoms with van der Waals surface area (Å²) >= 11 is 0. The third kappa shape index (κ3) is 5.73. The fourth-order valence-electron chi connectivity index (χ4n) is 3.36. The molecule has 5 nitrogen and oxygen atoms in total. The van der Waals surface area contributed by atoms with Crippen LogP contribution in [0.3, 0.4) is 0 Å². The average molecular weight is 398 g/mol. The standard InChI is InChI=1S/C24H31NO4/c1-24(2,3)19-8-10-20(11-9-19)29-16-18-14-17(7-12-22(18)27-4)23(26)25-15-21-6-5-13-28-21/h7-12,14,21H,5-6,13,15-16H2,1-4H3,(H,25,26). The molecule has 0 aliphatic carbocycles. The molecule has 5 heteroatoms. The first kappa shape index (κ1) is 21.2. The number of rotatable bonds is 7. The van der Waals surface area contributed by atoms with Crippen LogP contribution < -0.4 is 14.8 Å². The minimum absolute atomic E-state index is 0.104. The van der Waals surface area contributed by atoms with Crippen molar-refractivity contribution < 1.29 is 19.0 Å². The molecule has 156 valence electrons. The smallest absolute Gasteiger partial charge is 0.251 e. The number of carbonyl (C=O) groups excluding carboxylic acids is 1. The predicted molar refractivity (Wildman–Crippen MR) is 114 cm³/mol. The maximum Gasteiger partial charge on any atom is 0.251 e. The molecule has 3 rings (SSSR count). The minimum atomic E-state index is -0.112. The van der Waals surface area contributed by atoms with Gasteiger partial charge >= 0.3 is 0 Å². The van der Waals surface area contributed by atoms with E-state index in [1.54, 1.807) is 13.2 Å². The van der Waals surface area contributed by atoms with Gasteiger partial charge in [0.15, 0.2) is 0 Å². The van der Waals surface area contributed by atoms with Gasteiger partial charge in [0, 0.05) is 24.3 Å². The number of carbonyl (C=O) groups is 1. The number of amides is 1. The van der Waals surface area contributed by atoms with E-state index >= 15 is 0 Å². The second-order valence-corrected chi connectivity index (χ2v) is 8.43. The van der Waals surface area contributed by atoms with Gasteiger partial charge in [-0.15, -0.1) is 0 Å². The summed E-state index contributed by atoms with van der Waals surface area (Å²) in [6, 6.07) is 13.5. The predicted octanol–water partition coefficient (Wildman–Crippen LogP) is 4.48. The van der Waals surface area contributed by atoms with E-state index in [-0.39, 0.29) is 17.4 Å². The van der Waals surface area contributed by atoms with Crippen LogP contribution in [0, 0.1) is 0 Å². The van der Waals surface area contributed by atoms with Crippen LogP contribution in [0.4, 0.5) is 0 Å². The largest absolute Gasteiger partial charge is 0.496 e. The molecule has 2 aromatic carbocycles. The number of methoxy groups -OCH3 is 1. The van der Waals surface area contributed by atoms with Crippen molar-refractivity contribution >= 4 is 5.91 Å². The van der Waals surface area contributed by atoms with E-state index in [1.807, 2.05) is 24.3 Å². The fourth-order valence-corrected chi connectivity index (χ4v) is 3.36. The molecule has 1 N–H and O–H groups in total. The second-order valence-electron chi connectivity index (χ2n) is 8.43. The Balaban J connectivity index is 1.64.